The van der Waals surface area contributed by atoms with Gasteiger partial charge < -0.3 is 19.9 Å². The maximum atomic E-state index is 12.5. The maximum Gasteiger partial charge on any atom is 0.410 e. The van der Waals surface area contributed by atoms with Crippen molar-refractivity contribution in [3.05, 3.63) is 83.4 Å². The van der Waals surface area contributed by atoms with Crippen LogP contribution in [0.4, 0.5) is 10.5 Å². The number of pyridine rings is 2. The van der Waals surface area contributed by atoms with Gasteiger partial charge in [0.1, 0.15) is 11.2 Å². The molecule has 0 bridgehead atoms. The molecule has 0 saturated carbocycles. The minimum atomic E-state index is -0.527. The standard InChI is InChI=1S/C28H28ClN5O2/c1-28(2,3)36-27(35)34-12-9-19(17-34)25-14-23-21(8-11-31-26(23)33-25)22-13-20(6-7-24(22)29)32-16-18-5-4-10-30-15-18/h4-11,13-15,32H,12,16-17H2,1-3H3,(H,31,33). The van der Waals surface area contributed by atoms with Gasteiger partial charge in [-0.15, -0.1) is 0 Å². The number of anilines is 1. The van der Waals surface area contributed by atoms with Gasteiger partial charge in [-0.25, -0.2) is 9.78 Å². The van der Waals surface area contributed by atoms with Crippen molar-refractivity contribution in [2.24, 2.45) is 0 Å². The van der Waals surface area contributed by atoms with E-state index in [4.69, 9.17) is 16.3 Å². The van der Waals surface area contributed by atoms with Crippen LogP contribution < -0.4 is 5.32 Å². The summed E-state index contributed by atoms with van der Waals surface area (Å²) in [6.45, 7) is 7.26. The first kappa shape index (κ1) is 23.9. The van der Waals surface area contributed by atoms with E-state index in [2.05, 4.69) is 32.4 Å². The van der Waals surface area contributed by atoms with E-state index in [0.29, 0.717) is 24.7 Å². The van der Waals surface area contributed by atoms with Gasteiger partial charge in [0, 0.05) is 59.0 Å². The number of aromatic amines is 1. The second-order valence-electron chi connectivity index (χ2n) is 9.80. The summed E-state index contributed by atoms with van der Waals surface area (Å²) < 4.78 is 5.52. The lowest BCUT2D eigenvalue weighted by Gasteiger charge is -2.24. The number of hydrogen-bond acceptors (Lipinski definition) is 5. The van der Waals surface area contributed by atoms with E-state index < -0.39 is 5.60 Å². The molecular weight excluding hydrogens is 474 g/mol. The lowest BCUT2D eigenvalue weighted by Crippen LogP contribution is -2.35. The molecule has 8 heteroatoms. The van der Waals surface area contributed by atoms with Crippen LogP contribution in [0, 0.1) is 0 Å². The van der Waals surface area contributed by atoms with Crippen molar-refractivity contribution in [2.45, 2.75) is 32.9 Å². The molecule has 0 saturated heterocycles. The molecule has 3 aromatic heterocycles. The number of halogens is 1. The lowest BCUT2D eigenvalue weighted by atomic mass is 10.0. The van der Waals surface area contributed by atoms with Crippen molar-refractivity contribution in [2.75, 3.05) is 18.4 Å². The van der Waals surface area contributed by atoms with Gasteiger partial charge in [-0.3, -0.25) is 4.98 Å². The van der Waals surface area contributed by atoms with Crippen molar-refractivity contribution in [3.63, 3.8) is 0 Å². The van der Waals surface area contributed by atoms with Crippen LogP contribution in [0.15, 0.2) is 67.1 Å². The number of fused-ring (bicyclic) bond motifs is 1. The molecule has 1 aromatic carbocycles. The number of H-pyrrole nitrogens is 1. The topological polar surface area (TPSA) is 83.1 Å². The first-order valence-corrected chi connectivity index (χ1v) is 12.2. The van der Waals surface area contributed by atoms with Gasteiger partial charge in [0.15, 0.2) is 0 Å². The number of carbonyl (C=O) groups excluding carboxylic acids is 1. The molecule has 0 fully saturated rings. The molecule has 4 aromatic rings. The minimum Gasteiger partial charge on any atom is -0.444 e. The van der Waals surface area contributed by atoms with E-state index in [1.165, 1.54) is 0 Å². The zero-order chi connectivity index (χ0) is 25.3. The molecule has 1 aliphatic rings. The fourth-order valence-corrected chi connectivity index (χ4v) is 4.42. The molecule has 7 nitrogen and oxygen atoms in total. The third kappa shape index (κ3) is 5.21. The smallest absolute Gasteiger partial charge is 0.410 e. The molecule has 4 heterocycles. The second-order valence-corrected chi connectivity index (χ2v) is 10.2. The van der Waals surface area contributed by atoms with Gasteiger partial charge >= 0.3 is 6.09 Å². The highest BCUT2D eigenvalue weighted by Crippen LogP contribution is 2.36. The summed E-state index contributed by atoms with van der Waals surface area (Å²) in [6, 6.07) is 13.9. The summed E-state index contributed by atoms with van der Waals surface area (Å²) in [4.78, 5) is 26.3. The van der Waals surface area contributed by atoms with Gasteiger partial charge in [0.2, 0.25) is 0 Å². The van der Waals surface area contributed by atoms with Crippen LogP contribution in [0.1, 0.15) is 32.0 Å². The number of rotatable bonds is 5. The zero-order valence-electron chi connectivity index (χ0n) is 20.5. The molecule has 0 unspecified atom stereocenters. The Kier molecular flexibility index (Phi) is 6.41. The van der Waals surface area contributed by atoms with Crippen molar-refractivity contribution in [1.29, 1.82) is 0 Å². The number of ether oxygens (including phenoxy) is 1. The molecule has 1 amide bonds. The Balaban J connectivity index is 1.39. The third-order valence-corrected chi connectivity index (χ3v) is 6.25. The number of carbonyl (C=O) groups is 1. The summed E-state index contributed by atoms with van der Waals surface area (Å²) in [7, 11) is 0. The molecule has 0 aliphatic carbocycles. The molecule has 0 spiro atoms. The van der Waals surface area contributed by atoms with Crippen molar-refractivity contribution < 1.29 is 9.53 Å². The summed E-state index contributed by atoms with van der Waals surface area (Å²) in [5, 5.41) is 5.08. The zero-order valence-corrected chi connectivity index (χ0v) is 21.3. The molecule has 2 N–H and O–H groups in total. The number of benzene rings is 1. The van der Waals surface area contributed by atoms with E-state index in [0.717, 1.165) is 44.7 Å². The van der Waals surface area contributed by atoms with E-state index >= 15 is 0 Å². The summed E-state index contributed by atoms with van der Waals surface area (Å²) in [5.41, 5.74) is 6.16. The maximum absolute atomic E-state index is 12.5. The number of nitrogens with zero attached hydrogens (tertiary/aromatic N) is 3. The van der Waals surface area contributed by atoms with Crippen molar-refractivity contribution >= 4 is 40.0 Å². The first-order chi connectivity index (χ1) is 17.3. The van der Waals surface area contributed by atoms with Gasteiger partial charge in [-0.1, -0.05) is 23.7 Å². The number of nitrogens with one attached hydrogen (secondary N) is 2. The summed E-state index contributed by atoms with van der Waals surface area (Å²) in [5.74, 6) is 0. The molecule has 0 atom stereocenters. The van der Waals surface area contributed by atoms with Gasteiger partial charge in [0.05, 0.1) is 6.54 Å². The quantitative estimate of drug-likeness (QED) is 0.325. The minimum absolute atomic E-state index is 0.314. The van der Waals surface area contributed by atoms with Crippen LogP contribution in [-0.4, -0.2) is 44.6 Å². The summed E-state index contributed by atoms with van der Waals surface area (Å²) in [6.07, 6.45) is 7.12. The van der Waals surface area contributed by atoms with E-state index in [-0.39, 0.29) is 6.09 Å². The van der Waals surface area contributed by atoms with Crippen LogP contribution in [0.25, 0.3) is 27.7 Å². The first-order valence-electron chi connectivity index (χ1n) is 11.8. The highest BCUT2D eigenvalue weighted by atomic mass is 35.5. The van der Waals surface area contributed by atoms with E-state index in [1.807, 2.05) is 63.4 Å². The monoisotopic (exact) mass is 501 g/mol. The Labute approximate surface area is 215 Å². The predicted octanol–water partition coefficient (Wildman–Crippen LogP) is 6.52. The predicted molar refractivity (Wildman–Crippen MR) is 144 cm³/mol. The fourth-order valence-electron chi connectivity index (χ4n) is 4.20. The van der Waals surface area contributed by atoms with Crippen molar-refractivity contribution in [3.8, 4) is 11.1 Å². The molecule has 184 valence electrons. The molecule has 5 rings (SSSR count). The van der Waals surface area contributed by atoms with Crippen LogP contribution >= 0.6 is 11.6 Å². The number of amides is 1. The Morgan fingerprint density at radius 2 is 2.03 bits per heavy atom. The molecular formula is C28H28ClN5O2. The van der Waals surface area contributed by atoms with Gasteiger partial charge in [-0.05, 0) is 73.9 Å². The Morgan fingerprint density at radius 1 is 1.17 bits per heavy atom. The fraction of sp³-hybridized carbons (Fsp3) is 0.250. The average Bonchev–Trinajstić information content (AvgIpc) is 3.51. The molecule has 0 radical (unpaired) electrons. The van der Waals surface area contributed by atoms with Crippen LogP contribution in [0.3, 0.4) is 0 Å². The van der Waals surface area contributed by atoms with Crippen molar-refractivity contribution in [1.82, 2.24) is 19.9 Å². The number of aromatic nitrogens is 3. The van der Waals surface area contributed by atoms with Crippen LogP contribution in [0.2, 0.25) is 5.02 Å². The third-order valence-electron chi connectivity index (χ3n) is 5.92. The second kappa shape index (κ2) is 9.66. The normalized spacial score (nSPS) is 13.7. The highest BCUT2D eigenvalue weighted by molar-refractivity contribution is 6.33. The van der Waals surface area contributed by atoms with Gasteiger partial charge in [0.25, 0.3) is 0 Å². The Hall–Kier alpha value is -3.84. The lowest BCUT2D eigenvalue weighted by molar-refractivity contribution is 0.0306. The number of hydrogen-bond donors (Lipinski definition) is 2. The van der Waals surface area contributed by atoms with Gasteiger partial charge in [-0.2, -0.15) is 0 Å². The van der Waals surface area contributed by atoms with Crippen LogP contribution in [-0.2, 0) is 11.3 Å². The van der Waals surface area contributed by atoms with E-state index in [1.54, 1.807) is 17.3 Å². The Bertz CT molecular complexity index is 1440. The SMILES string of the molecule is CC(C)(C)OC(=O)N1CC=C(c2cc3c(-c4cc(NCc5cccnc5)ccc4Cl)ccnc3[nH]2)C1. The molecule has 36 heavy (non-hydrogen) atoms. The van der Waals surface area contributed by atoms with Crippen LogP contribution in [0.5, 0.6) is 0 Å². The van der Waals surface area contributed by atoms with E-state index in [9.17, 15) is 4.79 Å². The highest BCUT2D eigenvalue weighted by Gasteiger charge is 2.26. The Morgan fingerprint density at radius 3 is 2.81 bits per heavy atom. The average molecular weight is 502 g/mol. The molecule has 1 aliphatic heterocycles. The largest absolute Gasteiger partial charge is 0.444 e. The summed E-state index contributed by atoms with van der Waals surface area (Å²) >= 11 is 6.65.